The van der Waals surface area contributed by atoms with Gasteiger partial charge in [-0.3, -0.25) is 19.6 Å². The fraction of sp³-hybridized carbons (Fsp3) is 0.545. The summed E-state index contributed by atoms with van der Waals surface area (Å²) in [5, 5.41) is 3.06. The van der Waals surface area contributed by atoms with E-state index in [2.05, 4.69) is 36.1 Å². The van der Waals surface area contributed by atoms with E-state index in [-0.39, 0.29) is 11.8 Å². The average molecular weight is 395 g/mol. The van der Waals surface area contributed by atoms with Crippen molar-refractivity contribution in [3.8, 4) is 0 Å². The number of piperidine rings is 2. The van der Waals surface area contributed by atoms with Gasteiger partial charge in [0.1, 0.15) is 6.33 Å². The molecule has 7 heteroatoms. The van der Waals surface area contributed by atoms with Gasteiger partial charge in [-0.15, -0.1) is 0 Å². The van der Waals surface area contributed by atoms with Gasteiger partial charge in [0.2, 0.25) is 5.91 Å². The number of hydrogen-bond acceptors (Lipinski definition) is 6. The second-order valence-electron chi connectivity index (χ2n) is 8.12. The van der Waals surface area contributed by atoms with Gasteiger partial charge in [-0.1, -0.05) is 6.07 Å². The Morgan fingerprint density at radius 1 is 1.10 bits per heavy atom. The normalized spacial score (nSPS) is 21.7. The Morgan fingerprint density at radius 3 is 2.76 bits per heavy atom. The molecular weight excluding hydrogens is 364 g/mol. The van der Waals surface area contributed by atoms with Crippen LogP contribution in [0.15, 0.2) is 43.1 Å². The van der Waals surface area contributed by atoms with E-state index in [1.807, 2.05) is 24.5 Å². The number of rotatable bonds is 6. The Bertz CT molecular complexity index is 763. The minimum Gasteiger partial charge on any atom is -0.350 e. The number of aromatic nitrogens is 3. The van der Waals surface area contributed by atoms with Gasteiger partial charge in [-0.2, -0.15) is 0 Å². The number of pyridine rings is 1. The molecule has 4 rings (SSSR count). The molecule has 2 aromatic rings. The fourth-order valence-electron chi connectivity index (χ4n) is 4.49. The minimum absolute atomic E-state index is 0.0824. The molecule has 1 N–H and O–H groups in total. The molecule has 7 nitrogen and oxygen atoms in total. The summed E-state index contributed by atoms with van der Waals surface area (Å²) in [5.74, 6) is 0.237. The van der Waals surface area contributed by atoms with Crippen LogP contribution in [-0.2, 0) is 17.9 Å². The lowest BCUT2D eigenvalue weighted by Gasteiger charge is -2.42. The molecule has 1 amide bonds. The summed E-state index contributed by atoms with van der Waals surface area (Å²) >= 11 is 0. The first-order valence-corrected chi connectivity index (χ1v) is 10.7. The SMILES string of the molecule is O=C(NCc1ccncn1)C1CCCN(C2CCN(Cc3cccnc3)CC2)C1. The lowest BCUT2D eigenvalue weighted by molar-refractivity contribution is -0.127. The predicted octanol–water partition coefficient (Wildman–Crippen LogP) is 1.86. The van der Waals surface area contributed by atoms with Crippen molar-refractivity contribution in [3.63, 3.8) is 0 Å². The number of carbonyl (C=O) groups is 1. The zero-order valence-electron chi connectivity index (χ0n) is 16.9. The molecule has 2 fully saturated rings. The third kappa shape index (κ3) is 5.58. The number of hydrogen-bond donors (Lipinski definition) is 1. The van der Waals surface area contributed by atoms with Crippen LogP contribution in [0.3, 0.4) is 0 Å². The summed E-state index contributed by atoms with van der Waals surface area (Å²) in [6.45, 7) is 5.67. The molecule has 0 radical (unpaired) electrons. The van der Waals surface area contributed by atoms with Crippen molar-refractivity contribution in [1.29, 1.82) is 0 Å². The summed E-state index contributed by atoms with van der Waals surface area (Å²) in [5.41, 5.74) is 2.13. The van der Waals surface area contributed by atoms with Crippen molar-refractivity contribution in [3.05, 3.63) is 54.4 Å². The predicted molar refractivity (Wildman–Crippen MR) is 111 cm³/mol. The van der Waals surface area contributed by atoms with E-state index in [1.54, 1.807) is 6.20 Å². The smallest absolute Gasteiger partial charge is 0.224 e. The van der Waals surface area contributed by atoms with Crippen molar-refractivity contribution in [1.82, 2.24) is 30.1 Å². The highest BCUT2D eigenvalue weighted by atomic mass is 16.1. The van der Waals surface area contributed by atoms with E-state index in [0.29, 0.717) is 12.6 Å². The highest BCUT2D eigenvalue weighted by molar-refractivity contribution is 5.78. The van der Waals surface area contributed by atoms with Crippen LogP contribution in [-0.4, -0.2) is 62.9 Å². The number of likely N-dealkylation sites (tertiary alicyclic amines) is 2. The topological polar surface area (TPSA) is 74.2 Å². The van der Waals surface area contributed by atoms with Gasteiger partial charge in [-0.05, 0) is 63.0 Å². The molecule has 2 saturated heterocycles. The Labute approximate surface area is 172 Å². The fourth-order valence-corrected chi connectivity index (χ4v) is 4.49. The van der Waals surface area contributed by atoms with E-state index >= 15 is 0 Å². The molecule has 2 aliphatic rings. The molecule has 29 heavy (non-hydrogen) atoms. The van der Waals surface area contributed by atoms with Crippen LogP contribution in [0.5, 0.6) is 0 Å². The standard InChI is InChI=1S/C22H30N6O/c29-22(25-14-20-5-9-24-17-26-20)19-4-2-10-28(16-19)21-6-11-27(12-7-21)15-18-3-1-8-23-13-18/h1,3,5,8-9,13,17,19,21H,2,4,6-7,10-12,14-16H2,(H,25,29). The van der Waals surface area contributed by atoms with Crippen molar-refractivity contribution < 1.29 is 4.79 Å². The first-order chi connectivity index (χ1) is 14.3. The van der Waals surface area contributed by atoms with Crippen LogP contribution in [0.2, 0.25) is 0 Å². The summed E-state index contributed by atoms with van der Waals surface area (Å²) in [6, 6.07) is 6.59. The Hall–Kier alpha value is -2.38. The largest absolute Gasteiger partial charge is 0.350 e. The minimum atomic E-state index is 0.0824. The van der Waals surface area contributed by atoms with Crippen LogP contribution in [0, 0.1) is 5.92 Å². The maximum Gasteiger partial charge on any atom is 0.224 e. The molecule has 0 spiro atoms. The van der Waals surface area contributed by atoms with Gasteiger partial charge in [0.25, 0.3) is 0 Å². The van der Waals surface area contributed by atoms with E-state index < -0.39 is 0 Å². The van der Waals surface area contributed by atoms with Crippen LogP contribution >= 0.6 is 0 Å². The maximum absolute atomic E-state index is 12.7. The van der Waals surface area contributed by atoms with Crippen molar-refractivity contribution >= 4 is 5.91 Å². The molecule has 0 saturated carbocycles. The number of amides is 1. The molecular formula is C22H30N6O. The molecule has 0 aromatic carbocycles. The highest BCUT2D eigenvalue weighted by Gasteiger charge is 2.31. The zero-order valence-corrected chi connectivity index (χ0v) is 16.9. The van der Waals surface area contributed by atoms with Crippen LogP contribution in [0.25, 0.3) is 0 Å². The first kappa shape index (κ1) is 19.9. The molecule has 0 aliphatic carbocycles. The van der Waals surface area contributed by atoms with Gasteiger partial charge in [0, 0.05) is 37.7 Å². The molecule has 2 aliphatic heterocycles. The summed E-state index contributed by atoms with van der Waals surface area (Å²) in [4.78, 5) is 30.0. The van der Waals surface area contributed by atoms with Crippen LogP contribution in [0.1, 0.15) is 36.9 Å². The summed E-state index contributed by atoms with van der Waals surface area (Å²) in [7, 11) is 0. The quantitative estimate of drug-likeness (QED) is 0.806. The van der Waals surface area contributed by atoms with Gasteiger partial charge in [0.15, 0.2) is 0 Å². The lowest BCUT2D eigenvalue weighted by Crippen LogP contribution is -2.50. The Kier molecular flexibility index (Phi) is 6.79. The summed E-state index contributed by atoms with van der Waals surface area (Å²) < 4.78 is 0. The maximum atomic E-state index is 12.7. The molecule has 0 bridgehead atoms. The number of carbonyl (C=O) groups excluding carboxylic acids is 1. The molecule has 1 unspecified atom stereocenters. The van der Waals surface area contributed by atoms with E-state index in [1.165, 1.54) is 24.7 Å². The average Bonchev–Trinajstić information content (AvgIpc) is 2.79. The van der Waals surface area contributed by atoms with Crippen LogP contribution in [0.4, 0.5) is 0 Å². The first-order valence-electron chi connectivity index (χ1n) is 10.7. The van der Waals surface area contributed by atoms with Crippen molar-refractivity contribution in [2.75, 3.05) is 26.2 Å². The number of nitrogens with one attached hydrogen (secondary N) is 1. The second kappa shape index (κ2) is 9.89. The van der Waals surface area contributed by atoms with E-state index in [9.17, 15) is 4.79 Å². The molecule has 4 heterocycles. The monoisotopic (exact) mass is 394 g/mol. The van der Waals surface area contributed by atoms with E-state index in [0.717, 1.165) is 51.3 Å². The van der Waals surface area contributed by atoms with Gasteiger partial charge >= 0.3 is 0 Å². The molecule has 2 aromatic heterocycles. The summed E-state index contributed by atoms with van der Waals surface area (Å²) in [6.07, 6.45) is 11.4. The van der Waals surface area contributed by atoms with E-state index in [4.69, 9.17) is 0 Å². The number of nitrogens with zero attached hydrogens (tertiary/aromatic N) is 5. The second-order valence-corrected chi connectivity index (χ2v) is 8.12. The van der Waals surface area contributed by atoms with Crippen molar-refractivity contribution in [2.45, 2.75) is 44.8 Å². The lowest BCUT2D eigenvalue weighted by atomic mass is 9.93. The van der Waals surface area contributed by atoms with Gasteiger partial charge < -0.3 is 5.32 Å². The van der Waals surface area contributed by atoms with Gasteiger partial charge in [0.05, 0.1) is 18.2 Å². The Morgan fingerprint density at radius 2 is 2.00 bits per heavy atom. The van der Waals surface area contributed by atoms with Gasteiger partial charge in [-0.25, -0.2) is 9.97 Å². The molecule has 1 atom stereocenters. The van der Waals surface area contributed by atoms with Crippen LogP contribution < -0.4 is 5.32 Å². The highest BCUT2D eigenvalue weighted by Crippen LogP contribution is 2.24. The van der Waals surface area contributed by atoms with Crippen molar-refractivity contribution in [2.24, 2.45) is 5.92 Å². The third-order valence-electron chi connectivity index (χ3n) is 6.11. The zero-order chi connectivity index (χ0) is 19.9. The molecule has 154 valence electrons. The Balaban J connectivity index is 1.23. The third-order valence-corrected chi connectivity index (χ3v) is 6.11.